The average Bonchev–Trinajstić information content (AvgIpc) is 2.98. The molecule has 0 saturated carbocycles. The van der Waals surface area contributed by atoms with Crippen LogP contribution in [0, 0.1) is 5.82 Å². The summed E-state index contributed by atoms with van der Waals surface area (Å²) >= 11 is 0. The van der Waals surface area contributed by atoms with Gasteiger partial charge in [-0.25, -0.2) is 4.39 Å². The summed E-state index contributed by atoms with van der Waals surface area (Å²) in [5, 5.41) is 0. The van der Waals surface area contributed by atoms with Crippen LogP contribution in [0.15, 0.2) is 36.4 Å². The summed E-state index contributed by atoms with van der Waals surface area (Å²) in [5.41, 5.74) is 0.766. The maximum atomic E-state index is 14.1. The molecule has 222 valence electrons. The number of carbonyl (C=O) groups is 5. The van der Waals surface area contributed by atoms with E-state index >= 15 is 0 Å². The first kappa shape index (κ1) is 32.3. The highest BCUT2D eigenvalue weighted by Gasteiger charge is 2.22. The lowest BCUT2D eigenvalue weighted by atomic mass is 10.2. The van der Waals surface area contributed by atoms with Crippen LogP contribution in [0.1, 0.15) is 10.4 Å². The molecule has 2 rings (SSSR count). The van der Waals surface area contributed by atoms with Crippen molar-refractivity contribution < 1.29 is 56.8 Å². The molecule has 0 unspecified atom stereocenters. The molecule has 0 aliphatic heterocycles. The van der Waals surface area contributed by atoms with Crippen LogP contribution in [-0.2, 0) is 38.1 Å². The number of methoxy groups -OCH3 is 4. The molecule has 0 spiro atoms. The van der Waals surface area contributed by atoms with Crippen LogP contribution in [0.3, 0.4) is 0 Å². The molecule has 41 heavy (non-hydrogen) atoms. The Kier molecular flexibility index (Phi) is 12.8. The van der Waals surface area contributed by atoms with Crippen molar-refractivity contribution in [3.8, 4) is 11.5 Å². The Morgan fingerprint density at radius 1 is 0.659 bits per heavy atom. The molecule has 0 radical (unpaired) electrons. The molecule has 0 fully saturated rings. The normalized spacial score (nSPS) is 10.2. The summed E-state index contributed by atoms with van der Waals surface area (Å²) in [6.07, 6.45) is 0.592. The standard InChI is InChI=1S/C27H31FN2O11/c1-36-24(32)13-29(14-25(33)37-2)20-7-5-18(17-31)11-22(20)40-9-10-41-23-12-19(28)6-8-21(23)30(15-26(34)38-3)16-27(35)39-4/h5-8,11-12,17H,9-10,13-16H2,1-4H3. The van der Waals surface area contributed by atoms with Gasteiger partial charge in [0.2, 0.25) is 0 Å². The molecule has 0 N–H and O–H groups in total. The van der Waals surface area contributed by atoms with Crippen molar-refractivity contribution in [1.82, 2.24) is 0 Å². The Morgan fingerprint density at radius 2 is 1.05 bits per heavy atom. The minimum atomic E-state index is -0.654. The highest BCUT2D eigenvalue weighted by Crippen LogP contribution is 2.31. The number of hydrogen-bond acceptors (Lipinski definition) is 13. The summed E-state index contributed by atoms with van der Waals surface area (Å²) in [4.78, 5) is 61.9. The van der Waals surface area contributed by atoms with E-state index < -0.39 is 29.7 Å². The van der Waals surface area contributed by atoms with Gasteiger partial charge in [0.15, 0.2) is 0 Å². The molecule has 0 aromatic heterocycles. The van der Waals surface area contributed by atoms with Gasteiger partial charge in [0.25, 0.3) is 0 Å². The van der Waals surface area contributed by atoms with Crippen molar-refractivity contribution in [3.05, 3.63) is 47.8 Å². The molecule has 0 aliphatic rings. The van der Waals surface area contributed by atoms with Gasteiger partial charge in [-0.2, -0.15) is 0 Å². The number of halogens is 1. The highest BCUT2D eigenvalue weighted by molar-refractivity contribution is 5.85. The summed E-state index contributed by atoms with van der Waals surface area (Å²) in [5.74, 6) is -3.07. The lowest BCUT2D eigenvalue weighted by molar-refractivity contribution is -0.141. The SMILES string of the molecule is COC(=O)CN(CC(=O)OC)c1ccc(F)cc1OCCOc1cc(C=O)ccc1N(CC(=O)OC)CC(=O)OC. The van der Waals surface area contributed by atoms with E-state index in [4.69, 9.17) is 18.9 Å². The minimum Gasteiger partial charge on any atom is -0.488 e. The second-order valence-electron chi connectivity index (χ2n) is 8.17. The number of benzene rings is 2. The Balaban J connectivity index is 2.27. The van der Waals surface area contributed by atoms with E-state index in [9.17, 15) is 28.4 Å². The highest BCUT2D eigenvalue weighted by atomic mass is 19.1. The largest absolute Gasteiger partial charge is 0.488 e. The predicted octanol–water partition coefficient (Wildman–Crippen LogP) is 1.40. The smallest absolute Gasteiger partial charge is 0.325 e. The molecule has 13 nitrogen and oxygen atoms in total. The maximum Gasteiger partial charge on any atom is 0.325 e. The lowest BCUT2D eigenvalue weighted by Gasteiger charge is -2.25. The van der Waals surface area contributed by atoms with E-state index in [1.54, 1.807) is 0 Å². The quantitative estimate of drug-likeness (QED) is 0.122. The van der Waals surface area contributed by atoms with Gasteiger partial charge in [-0.15, -0.1) is 0 Å². The van der Waals surface area contributed by atoms with Gasteiger partial charge in [-0.3, -0.25) is 24.0 Å². The monoisotopic (exact) mass is 578 g/mol. The van der Waals surface area contributed by atoms with Gasteiger partial charge < -0.3 is 38.2 Å². The minimum absolute atomic E-state index is 0.00119. The van der Waals surface area contributed by atoms with E-state index in [-0.39, 0.29) is 62.1 Å². The fourth-order valence-electron chi connectivity index (χ4n) is 3.48. The molecule has 2 aromatic carbocycles. The van der Waals surface area contributed by atoms with Crippen molar-refractivity contribution in [2.75, 3.05) is 77.6 Å². The van der Waals surface area contributed by atoms with E-state index in [0.29, 0.717) is 12.0 Å². The fraction of sp³-hybridized carbons (Fsp3) is 0.370. The lowest BCUT2D eigenvalue weighted by Crippen LogP contribution is -2.36. The molecule has 2 aromatic rings. The van der Waals surface area contributed by atoms with Gasteiger partial charge in [0, 0.05) is 11.6 Å². The Hall–Kier alpha value is -4.88. The average molecular weight is 579 g/mol. The fourth-order valence-corrected chi connectivity index (χ4v) is 3.48. The van der Waals surface area contributed by atoms with Crippen molar-refractivity contribution >= 4 is 41.5 Å². The van der Waals surface area contributed by atoms with Crippen LogP contribution in [0.2, 0.25) is 0 Å². The van der Waals surface area contributed by atoms with Gasteiger partial charge in [0.05, 0.1) is 39.8 Å². The third-order valence-electron chi connectivity index (χ3n) is 5.51. The van der Waals surface area contributed by atoms with Crippen LogP contribution in [-0.4, -0.2) is 98.0 Å². The van der Waals surface area contributed by atoms with Gasteiger partial charge in [-0.1, -0.05) is 0 Å². The van der Waals surface area contributed by atoms with Gasteiger partial charge >= 0.3 is 23.9 Å². The van der Waals surface area contributed by atoms with Crippen LogP contribution in [0.4, 0.5) is 15.8 Å². The number of nitrogens with zero attached hydrogens (tertiary/aromatic N) is 2. The zero-order valence-electron chi connectivity index (χ0n) is 23.0. The van der Waals surface area contributed by atoms with E-state index in [1.807, 2.05) is 0 Å². The number of carbonyl (C=O) groups excluding carboxylic acids is 5. The number of anilines is 2. The van der Waals surface area contributed by atoms with Crippen molar-refractivity contribution in [2.24, 2.45) is 0 Å². The van der Waals surface area contributed by atoms with Crippen molar-refractivity contribution in [3.63, 3.8) is 0 Å². The summed E-state index contributed by atoms with van der Waals surface area (Å²) in [6, 6.07) is 7.92. The number of aldehydes is 1. The van der Waals surface area contributed by atoms with E-state index in [2.05, 4.69) is 9.47 Å². The Morgan fingerprint density at radius 3 is 1.44 bits per heavy atom. The van der Waals surface area contributed by atoms with Crippen LogP contribution in [0.5, 0.6) is 11.5 Å². The van der Waals surface area contributed by atoms with Gasteiger partial charge in [-0.05, 0) is 30.3 Å². The van der Waals surface area contributed by atoms with Crippen molar-refractivity contribution in [2.45, 2.75) is 0 Å². The summed E-state index contributed by atoms with van der Waals surface area (Å²) in [6.45, 7) is -1.61. The second-order valence-corrected chi connectivity index (χ2v) is 8.17. The number of esters is 4. The number of ether oxygens (including phenoxy) is 6. The molecular weight excluding hydrogens is 547 g/mol. The topological polar surface area (TPSA) is 147 Å². The molecule has 0 bridgehead atoms. The molecule has 0 heterocycles. The number of hydrogen-bond donors (Lipinski definition) is 0. The van der Waals surface area contributed by atoms with Crippen LogP contribution in [0.25, 0.3) is 0 Å². The first-order valence-electron chi connectivity index (χ1n) is 12.1. The zero-order valence-corrected chi connectivity index (χ0v) is 23.0. The predicted molar refractivity (Wildman–Crippen MR) is 142 cm³/mol. The molecule has 0 aliphatic carbocycles. The first-order chi connectivity index (χ1) is 19.6. The van der Waals surface area contributed by atoms with Gasteiger partial charge in [0.1, 0.15) is 63.0 Å². The van der Waals surface area contributed by atoms with E-state index in [1.165, 1.54) is 62.5 Å². The summed E-state index contributed by atoms with van der Waals surface area (Å²) < 4.78 is 44.5. The molecule has 0 amide bonds. The van der Waals surface area contributed by atoms with Crippen LogP contribution < -0.4 is 19.3 Å². The Bertz CT molecular complexity index is 1200. The molecule has 0 saturated heterocycles. The molecule has 14 heteroatoms. The Labute approximate surface area is 235 Å². The molecule has 0 atom stereocenters. The maximum absolute atomic E-state index is 14.1. The second kappa shape index (κ2) is 16.3. The van der Waals surface area contributed by atoms with E-state index in [0.717, 1.165) is 12.1 Å². The van der Waals surface area contributed by atoms with Crippen molar-refractivity contribution in [1.29, 1.82) is 0 Å². The zero-order chi connectivity index (χ0) is 30.4. The van der Waals surface area contributed by atoms with Crippen LogP contribution >= 0.6 is 0 Å². The summed E-state index contributed by atoms with van der Waals surface area (Å²) in [7, 11) is 4.76. The number of rotatable bonds is 16. The third kappa shape index (κ3) is 9.98. The first-order valence-corrected chi connectivity index (χ1v) is 12.1. The third-order valence-corrected chi connectivity index (χ3v) is 5.51. The molecular formula is C27H31FN2O11.